The number of aliphatic hydroxyl groups is 1. The van der Waals surface area contributed by atoms with E-state index in [2.05, 4.69) is 9.72 Å². The quantitative estimate of drug-likeness (QED) is 0.749. The van der Waals surface area contributed by atoms with Crippen molar-refractivity contribution in [1.82, 2.24) is 4.98 Å². The third-order valence-corrected chi connectivity index (χ3v) is 1.18. The van der Waals surface area contributed by atoms with E-state index in [0.717, 1.165) is 6.20 Å². The second-order valence-corrected chi connectivity index (χ2v) is 2.07. The van der Waals surface area contributed by atoms with Crippen molar-refractivity contribution in [1.29, 1.82) is 0 Å². The molecule has 0 aromatic carbocycles. The Balaban J connectivity index is 2.72. The molecule has 0 saturated carbocycles. The highest BCUT2D eigenvalue weighted by Gasteiger charge is 2.04. The van der Waals surface area contributed by atoms with Gasteiger partial charge in [-0.2, -0.15) is 8.78 Å². The summed E-state index contributed by atoms with van der Waals surface area (Å²) in [5.41, 5.74) is 0.438. The highest BCUT2D eigenvalue weighted by molar-refractivity contribution is 5.22. The van der Waals surface area contributed by atoms with E-state index in [1.807, 2.05) is 0 Å². The van der Waals surface area contributed by atoms with E-state index in [9.17, 15) is 8.78 Å². The molecule has 5 heteroatoms. The van der Waals surface area contributed by atoms with Gasteiger partial charge in [-0.25, -0.2) is 0 Å². The highest BCUT2D eigenvalue weighted by Crippen LogP contribution is 2.13. The fourth-order valence-electron chi connectivity index (χ4n) is 0.718. The minimum atomic E-state index is -2.86. The molecule has 0 spiro atoms. The average molecular weight is 175 g/mol. The molecule has 1 aromatic rings. The Labute approximate surface area is 67.6 Å². The third kappa shape index (κ3) is 2.43. The van der Waals surface area contributed by atoms with Gasteiger partial charge in [0.25, 0.3) is 0 Å². The van der Waals surface area contributed by atoms with Gasteiger partial charge < -0.3 is 9.84 Å². The summed E-state index contributed by atoms with van der Waals surface area (Å²) in [5, 5.41) is 8.61. The summed E-state index contributed by atoms with van der Waals surface area (Å²) in [7, 11) is 0. The van der Waals surface area contributed by atoms with E-state index >= 15 is 0 Å². The predicted octanol–water partition coefficient (Wildman–Crippen LogP) is 1.18. The van der Waals surface area contributed by atoms with Gasteiger partial charge in [0, 0.05) is 6.20 Å². The molecule has 0 atom stereocenters. The van der Waals surface area contributed by atoms with Gasteiger partial charge in [-0.15, -0.1) is 0 Å². The van der Waals surface area contributed by atoms with Crippen molar-refractivity contribution in [3.63, 3.8) is 0 Å². The minimum absolute atomic E-state index is 0.0449. The third-order valence-electron chi connectivity index (χ3n) is 1.18. The molecule has 0 aliphatic rings. The first kappa shape index (κ1) is 8.86. The zero-order chi connectivity index (χ0) is 8.97. The number of nitrogens with zero attached hydrogens (tertiary/aromatic N) is 1. The highest BCUT2D eigenvalue weighted by atomic mass is 19.3. The smallest absolute Gasteiger partial charge is 0.387 e. The van der Waals surface area contributed by atoms with Crippen molar-refractivity contribution in [2.24, 2.45) is 0 Å². The summed E-state index contributed by atoms with van der Waals surface area (Å²) >= 11 is 0. The molecule has 3 nitrogen and oxygen atoms in total. The molecule has 0 radical (unpaired) electrons. The molecule has 66 valence electrons. The number of hydrogen-bond acceptors (Lipinski definition) is 3. The standard InChI is InChI=1S/C7H7F2NO2/c8-7(9)12-6-1-5(4-11)2-10-3-6/h1-3,7,11H,4H2. The van der Waals surface area contributed by atoms with Crippen molar-refractivity contribution < 1.29 is 18.6 Å². The maximum Gasteiger partial charge on any atom is 0.387 e. The fraction of sp³-hybridized carbons (Fsp3) is 0.286. The van der Waals surface area contributed by atoms with E-state index in [1.165, 1.54) is 12.3 Å². The van der Waals surface area contributed by atoms with E-state index < -0.39 is 6.61 Å². The van der Waals surface area contributed by atoms with Crippen molar-refractivity contribution in [2.45, 2.75) is 13.2 Å². The predicted molar refractivity (Wildman–Crippen MR) is 36.8 cm³/mol. The summed E-state index contributed by atoms with van der Waals surface area (Å²) in [4.78, 5) is 3.59. The van der Waals surface area contributed by atoms with Gasteiger partial charge in [0.15, 0.2) is 0 Å². The Kier molecular flexibility index (Phi) is 2.93. The number of rotatable bonds is 3. The zero-order valence-corrected chi connectivity index (χ0v) is 6.08. The molecule has 0 aliphatic carbocycles. The fourth-order valence-corrected chi connectivity index (χ4v) is 0.718. The van der Waals surface area contributed by atoms with Gasteiger partial charge in [-0.05, 0) is 11.6 Å². The molecule has 0 aliphatic heterocycles. The van der Waals surface area contributed by atoms with Gasteiger partial charge >= 0.3 is 6.61 Å². The summed E-state index contributed by atoms with van der Waals surface area (Å²) in [5.74, 6) is -0.0449. The SMILES string of the molecule is OCc1cncc(OC(F)F)c1. The van der Waals surface area contributed by atoms with Crippen LogP contribution in [-0.2, 0) is 6.61 Å². The van der Waals surface area contributed by atoms with E-state index in [1.54, 1.807) is 0 Å². The van der Waals surface area contributed by atoms with Crippen LogP contribution in [0.5, 0.6) is 5.75 Å². The summed E-state index contributed by atoms with van der Waals surface area (Å²) < 4.78 is 27.3. The van der Waals surface area contributed by atoms with Gasteiger partial charge in [0.1, 0.15) is 5.75 Å². The number of alkyl halides is 2. The van der Waals surface area contributed by atoms with Gasteiger partial charge in [0.2, 0.25) is 0 Å². The molecule has 1 heterocycles. The monoisotopic (exact) mass is 175 g/mol. The Hall–Kier alpha value is -1.23. The Morgan fingerprint density at radius 1 is 1.50 bits per heavy atom. The van der Waals surface area contributed by atoms with E-state index in [-0.39, 0.29) is 12.4 Å². The van der Waals surface area contributed by atoms with Crippen LogP contribution in [0.1, 0.15) is 5.56 Å². The lowest BCUT2D eigenvalue weighted by atomic mass is 10.3. The number of ether oxygens (including phenoxy) is 1. The molecule has 12 heavy (non-hydrogen) atoms. The van der Waals surface area contributed by atoms with Crippen molar-refractivity contribution in [2.75, 3.05) is 0 Å². The molecule has 0 saturated heterocycles. The second kappa shape index (κ2) is 3.96. The van der Waals surface area contributed by atoms with Crippen LogP contribution in [0.4, 0.5) is 8.78 Å². The summed E-state index contributed by atoms with van der Waals surface area (Å²) in [6, 6.07) is 1.30. The molecule has 0 bridgehead atoms. The first-order valence-corrected chi connectivity index (χ1v) is 3.22. The molecule has 0 fully saturated rings. The lowest BCUT2D eigenvalue weighted by Crippen LogP contribution is -2.02. The van der Waals surface area contributed by atoms with Gasteiger partial charge in [0.05, 0.1) is 12.8 Å². The van der Waals surface area contributed by atoms with Gasteiger partial charge in [-0.3, -0.25) is 4.98 Å². The number of pyridine rings is 1. The number of halogens is 2. The van der Waals surface area contributed by atoms with Gasteiger partial charge in [-0.1, -0.05) is 0 Å². The molecule has 1 rings (SSSR count). The molecule has 1 N–H and O–H groups in total. The van der Waals surface area contributed by atoms with Crippen molar-refractivity contribution in [3.05, 3.63) is 24.0 Å². The average Bonchev–Trinajstić information content (AvgIpc) is 2.03. The van der Waals surface area contributed by atoms with Crippen molar-refractivity contribution in [3.8, 4) is 5.75 Å². The molecular formula is C7H7F2NO2. The van der Waals surface area contributed by atoms with Crippen LogP contribution in [0.2, 0.25) is 0 Å². The van der Waals surface area contributed by atoms with Crippen LogP contribution < -0.4 is 4.74 Å². The first-order valence-electron chi connectivity index (χ1n) is 3.22. The Morgan fingerprint density at radius 3 is 2.83 bits per heavy atom. The van der Waals surface area contributed by atoms with E-state index in [0.29, 0.717) is 5.56 Å². The van der Waals surface area contributed by atoms with Crippen LogP contribution in [0.15, 0.2) is 18.5 Å². The van der Waals surface area contributed by atoms with Crippen LogP contribution in [-0.4, -0.2) is 16.7 Å². The molecule has 1 aromatic heterocycles. The maximum absolute atomic E-state index is 11.6. The summed E-state index contributed by atoms with van der Waals surface area (Å²) in [6.07, 6.45) is 2.53. The number of aromatic nitrogens is 1. The van der Waals surface area contributed by atoms with Crippen LogP contribution in [0, 0.1) is 0 Å². The molecular weight excluding hydrogens is 168 g/mol. The maximum atomic E-state index is 11.6. The zero-order valence-electron chi connectivity index (χ0n) is 6.08. The normalized spacial score (nSPS) is 10.3. The van der Waals surface area contributed by atoms with Crippen LogP contribution in [0.25, 0.3) is 0 Å². The Morgan fingerprint density at radius 2 is 2.25 bits per heavy atom. The number of aliphatic hydroxyl groups excluding tert-OH is 1. The molecule has 0 amide bonds. The topological polar surface area (TPSA) is 42.4 Å². The van der Waals surface area contributed by atoms with Crippen LogP contribution >= 0.6 is 0 Å². The van der Waals surface area contributed by atoms with E-state index in [4.69, 9.17) is 5.11 Å². The Bertz CT molecular complexity index is 255. The summed E-state index contributed by atoms with van der Waals surface area (Å²) in [6.45, 7) is -3.10. The second-order valence-electron chi connectivity index (χ2n) is 2.07. The number of hydrogen-bond donors (Lipinski definition) is 1. The van der Waals surface area contributed by atoms with Crippen molar-refractivity contribution >= 4 is 0 Å². The lowest BCUT2D eigenvalue weighted by molar-refractivity contribution is -0.0501. The lowest BCUT2D eigenvalue weighted by Gasteiger charge is -2.03. The molecule has 0 unspecified atom stereocenters. The first-order chi connectivity index (χ1) is 5.72. The largest absolute Gasteiger partial charge is 0.433 e. The minimum Gasteiger partial charge on any atom is -0.433 e. The van der Waals surface area contributed by atoms with Crippen LogP contribution in [0.3, 0.4) is 0 Å².